The molecule has 0 aliphatic carbocycles. The van der Waals surface area contributed by atoms with Crippen molar-refractivity contribution >= 4 is 0 Å². The highest BCUT2D eigenvalue weighted by atomic mass is 16.4. The molecule has 16 heavy (non-hydrogen) atoms. The molecule has 0 aromatic heterocycles. The Hall–Kier alpha value is -0.240. The molecule has 0 bridgehead atoms. The van der Waals surface area contributed by atoms with Crippen LogP contribution in [0.2, 0.25) is 0 Å². The van der Waals surface area contributed by atoms with Crippen molar-refractivity contribution in [3.05, 3.63) is 0 Å². The minimum Gasteiger partial charge on any atom is -0.394 e. The Labute approximate surface area is 96.9 Å². The van der Waals surface area contributed by atoms with E-state index < -0.39 is 31.0 Å². The summed E-state index contributed by atoms with van der Waals surface area (Å²) in [5.41, 5.74) is 0. The van der Waals surface area contributed by atoms with Crippen LogP contribution in [0.15, 0.2) is 0 Å². The summed E-state index contributed by atoms with van der Waals surface area (Å²) in [5.74, 6) is 0. The van der Waals surface area contributed by atoms with Gasteiger partial charge in [0.1, 0.15) is 18.3 Å². The molecule has 6 N–H and O–H groups in total. The van der Waals surface area contributed by atoms with Gasteiger partial charge in [-0.05, 0) is 13.0 Å². The van der Waals surface area contributed by atoms with E-state index in [1.807, 2.05) is 0 Å². The average Bonchev–Trinajstić information content (AvgIpc) is 2.35. The van der Waals surface area contributed by atoms with Gasteiger partial charge < -0.3 is 30.8 Å². The Bertz CT molecular complexity index is 186. The normalized spacial score (nSPS) is 19.9. The maximum Gasteiger partial charge on any atom is 0.111 e. The van der Waals surface area contributed by atoms with E-state index in [2.05, 4.69) is 5.32 Å². The molecule has 0 fully saturated rings. The first-order chi connectivity index (χ1) is 8.04. The quantitative estimate of drug-likeness (QED) is 0.254. The Morgan fingerprint density at radius 3 is 2.31 bits per heavy atom. The first kappa shape index (κ1) is 13.8. The zero-order valence-electron chi connectivity index (χ0n) is 10.3. The molecule has 0 unspecified atom stereocenters. The van der Waals surface area contributed by atoms with Gasteiger partial charge in [0.25, 0.3) is 0 Å². The van der Waals surface area contributed by atoms with Gasteiger partial charge in [-0.3, -0.25) is 0 Å². The van der Waals surface area contributed by atoms with Gasteiger partial charge in [0.15, 0.2) is 0 Å². The number of rotatable bonds is 9. The van der Waals surface area contributed by atoms with Crippen molar-refractivity contribution in [1.29, 1.82) is 0 Å². The SMILES string of the molecule is [2H]CCCCNC[C@H](O)[C@@H](O)[C@H](O)[C@H](O)CO. The second-order valence-electron chi connectivity index (χ2n) is 3.71. The van der Waals surface area contributed by atoms with Gasteiger partial charge in [0.05, 0.1) is 12.7 Å². The molecule has 0 saturated carbocycles. The zero-order chi connectivity index (χ0) is 13.3. The summed E-state index contributed by atoms with van der Waals surface area (Å²) in [5, 5.41) is 48.8. The van der Waals surface area contributed by atoms with Crippen molar-refractivity contribution in [3.63, 3.8) is 0 Å². The Balaban J connectivity index is 3.76. The minimum atomic E-state index is -1.58. The molecular weight excluding hydrogens is 214 g/mol. The monoisotopic (exact) mass is 238 g/mol. The van der Waals surface area contributed by atoms with Crippen LogP contribution >= 0.6 is 0 Å². The first-order valence-corrected chi connectivity index (χ1v) is 5.37. The highest BCUT2D eigenvalue weighted by Crippen LogP contribution is 2.04. The van der Waals surface area contributed by atoms with Crippen LogP contribution in [0.25, 0.3) is 0 Å². The third-order valence-corrected chi connectivity index (χ3v) is 2.28. The summed E-state index contributed by atoms with van der Waals surface area (Å²) in [7, 11) is 0. The molecule has 0 saturated heterocycles. The van der Waals surface area contributed by atoms with Crippen molar-refractivity contribution in [2.75, 3.05) is 19.7 Å². The van der Waals surface area contributed by atoms with Gasteiger partial charge in [-0.25, -0.2) is 0 Å². The Morgan fingerprint density at radius 1 is 1.12 bits per heavy atom. The van der Waals surface area contributed by atoms with Crippen molar-refractivity contribution in [2.45, 2.75) is 44.2 Å². The van der Waals surface area contributed by atoms with Gasteiger partial charge in [0.2, 0.25) is 0 Å². The largest absolute Gasteiger partial charge is 0.394 e. The fourth-order valence-corrected chi connectivity index (χ4v) is 1.18. The first-order valence-electron chi connectivity index (χ1n) is 6.08. The van der Waals surface area contributed by atoms with E-state index in [-0.39, 0.29) is 6.54 Å². The highest BCUT2D eigenvalue weighted by molar-refractivity contribution is 4.81. The van der Waals surface area contributed by atoms with Crippen LogP contribution < -0.4 is 5.32 Å². The highest BCUT2D eigenvalue weighted by Gasteiger charge is 2.29. The number of hydrogen-bond acceptors (Lipinski definition) is 6. The average molecular weight is 238 g/mol. The van der Waals surface area contributed by atoms with Crippen molar-refractivity contribution in [1.82, 2.24) is 5.32 Å². The molecule has 0 spiro atoms. The molecule has 0 amide bonds. The van der Waals surface area contributed by atoms with E-state index in [1.54, 1.807) is 0 Å². The Morgan fingerprint density at radius 2 is 1.75 bits per heavy atom. The van der Waals surface area contributed by atoms with Gasteiger partial charge >= 0.3 is 0 Å². The lowest BCUT2D eigenvalue weighted by Gasteiger charge is -2.25. The van der Waals surface area contributed by atoms with Crippen LogP contribution in [-0.4, -0.2) is 69.6 Å². The van der Waals surface area contributed by atoms with E-state index in [0.29, 0.717) is 13.4 Å². The molecule has 98 valence electrons. The summed E-state index contributed by atoms with van der Waals surface area (Å²) < 4.78 is 6.91. The molecule has 0 heterocycles. The third kappa shape index (κ3) is 5.74. The van der Waals surface area contributed by atoms with E-state index in [1.165, 1.54) is 0 Å². The van der Waals surface area contributed by atoms with E-state index in [9.17, 15) is 15.3 Å². The summed E-state index contributed by atoms with van der Waals surface area (Å²) in [6.45, 7) is 0.367. The standard InChI is InChI=1S/C10H23NO5/c1-2-3-4-11-5-7(13)9(15)10(16)8(14)6-12/h7-16H,2-6H2,1H3/t7-,8+,9+,10+/m0/s1/i1D. The summed E-state index contributed by atoms with van der Waals surface area (Å²) in [4.78, 5) is 0. The predicted octanol–water partition coefficient (Wildman–Crippen LogP) is -2.19. The van der Waals surface area contributed by atoms with Gasteiger partial charge in [-0.15, -0.1) is 0 Å². The number of nitrogens with one attached hydrogen (secondary N) is 1. The van der Waals surface area contributed by atoms with Crippen molar-refractivity contribution in [2.24, 2.45) is 0 Å². The number of unbranched alkanes of at least 4 members (excludes halogenated alkanes) is 1. The molecule has 0 aliphatic rings. The van der Waals surface area contributed by atoms with Gasteiger partial charge in [-0.2, -0.15) is 0 Å². The second-order valence-corrected chi connectivity index (χ2v) is 3.71. The van der Waals surface area contributed by atoms with Crippen LogP contribution in [0, 0.1) is 0 Å². The molecule has 0 aromatic carbocycles. The van der Waals surface area contributed by atoms with Crippen LogP contribution in [0.3, 0.4) is 0 Å². The lowest BCUT2D eigenvalue weighted by molar-refractivity contribution is -0.113. The molecule has 0 radical (unpaired) electrons. The molecule has 6 heteroatoms. The topological polar surface area (TPSA) is 113 Å². The van der Waals surface area contributed by atoms with Gasteiger partial charge in [0, 0.05) is 7.92 Å². The molecule has 0 aliphatic heterocycles. The smallest absolute Gasteiger partial charge is 0.111 e. The predicted molar refractivity (Wildman–Crippen MR) is 58.9 cm³/mol. The van der Waals surface area contributed by atoms with E-state index >= 15 is 0 Å². The Kier molecular flexibility index (Phi) is 7.65. The molecule has 0 aromatic rings. The maximum atomic E-state index is 9.49. The fourth-order valence-electron chi connectivity index (χ4n) is 1.18. The van der Waals surface area contributed by atoms with Crippen LogP contribution in [0.5, 0.6) is 0 Å². The molecule has 0 rings (SSSR count). The van der Waals surface area contributed by atoms with Crippen LogP contribution in [0.1, 0.15) is 21.1 Å². The maximum absolute atomic E-state index is 9.49. The summed E-state index contributed by atoms with van der Waals surface area (Å²) >= 11 is 0. The molecule has 4 atom stereocenters. The van der Waals surface area contributed by atoms with Crippen molar-refractivity contribution < 1.29 is 26.9 Å². The second kappa shape index (κ2) is 8.86. The number of aliphatic hydroxyl groups is 5. The minimum absolute atomic E-state index is 0.0778. The number of hydrogen-bond donors (Lipinski definition) is 6. The molecule has 6 nitrogen and oxygen atoms in total. The number of aliphatic hydroxyl groups excluding tert-OH is 5. The van der Waals surface area contributed by atoms with E-state index in [4.69, 9.17) is 11.6 Å². The third-order valence-electron chi connectivity index (χ3n) is 2.28. The summed E-state index contributed by atoms with van der Waals surface area (Å²) in [6, 6.07) is 0. The zero-order valence-corrected chi connectivity index (χ0v) is 9.29. The van der Waals surface area contributed by atoms with Gasteiger partial charge in [-0.1, -0.05) is 13.3 Å². The van der Waals surface area contributed by atoms with E-state index in [0.717, 1.165) is 12.8 Å². The molecular formula is C10H23NO5. The lowest BCUT2D eigenvalue weighted by atomic mass is 10.0. The fraction of sp³-hybridized carbons (Fsp3) is 1.00. The van der Waals surface area contributed by atoms with Crippen LogP contribution in [0.4, 0.5) is 0 Å². The van der Waals surface area contributed by atoms with Crippen molar-refractivity contribution in [3.8, 4) is 0 Å². The van der Waals surface area contributed by atoms with Crippen LogP contribution in [-0.2, 0) is 0 Å². The summed E-state index contributed by atoms with van der Waals surface area (Å²) in [6.07, 6.45) is -4.22. The lowest BCUT2D eigenvalue weighted by Crippen LogP contribution is -2.49.